The normalized spacial score (nSPS) is 11.5. The summed E-state index contributed by atoms with van der Waals surface area (Å²) in [6, 6.07) is 9.47. The second-order valence-corrected chi connectivity index (χ2v) is 4.53. The molecule has 1 amide bonds. The molecule has 1 atom stereocenters. The molecular formula is C14H19ClN4O. The van der Waals surface area contributed by atoms with Crippen LogP contribution < -0.4 is 11.1 Å². The lowest BCUT2D eigenvalue weighted by atomic mass is 10.1. The lowest BCUT2D eigenvalue weighted by molar-refractivity contribution is -0.122. The van der Waals surface area contributed by atoms with Crippen molar-refractivity contribution in [2.24, 2.45) is 5.73 Å². The van der Waals surface area contributed by atoms with Gasteiger partial charge in [0.05, 0.1) is 12.6 Å². The fourth-order valence-electron chi connectivity index (χ4n) is 1.77. The molecule has 0 bridgehead atoms. The number of nitrogens with one attached hydrogen (secondary N) is 1. The Morgan fingerprint density at radius 3 is 2.80 bits per heavy atom. The Balaban J connectivity index is 0.00000200. The molecule has 0 saturated heterocycles. The molecule has 108 valence electrons. The highest BCUT2D eigenvalue weighted by atomic mass is 35.5. The highest BCUT2D eigenvalue weighted by molar-refractivity contribution is 5.85. The number of amides is 1. The average molecular weight is 295 g/mol. The summed E-state index contributed by atoms with van der Waals surface area (Å²) < 4.78 is 1.86. The van der Waals surface area contributed by atoms with Gasteiger partial charge >= 0.3 is 0 Å². The first kappa shape index (κ1) is 16.2. The fourth-order valence-corrected chi connectivity index (χ4v) is 1.77. The van der Waals surface area contributed by atoms with Crippen molar-refractivity contribution in [1.82, 2.24) is 15.1 Å². The van der Waals surface area contributed by atoms with Crippen molar-refractivity contribution in [2.45, 2.75) is 26.1 Å². The highest BCUT2D eigenvalue weighted by Gasteiger charge is 2.06. The van der Waals surface area contributed by atoms with Gasteiger partial charge in [0.2, 0.25) is 5.91 Å². The summed E-state index contributed by atoms with van der Waals surface area (Å²) >= 11 is 0. The molecule has 0 spiro atoms. The number of carbonyl (C=O) groups is 1. The molecule has 1 heterocycles. The number of rotatable bonds is 5. The SMILES string of the molecule is CC(N)C(=O)NCc1cccc(Cn2cccn2)c1.Cl. The smallest absolute Gasteiger partial charge is 0.236 e. The van der Waals surface area contributed by atoms with E-state index >= 15 is 0 Å². The van der Waals surface area contributed by atoms with Gasteiger partial charge in [0, 0.05) is 18.9 Å². The van der Waals surface area contributed by atoms with Gasteiger partial charge in [0.1, 0.15) is 0 Å². The number of nitrogens with zero attached hydrogens (tertiary/aromatic N) is 2. The molecule has 1 unspecified atom stereocenters. The molecule has 0 saturated carbocycles. The van der Waals surface area contributed by atoms with Gasteiger partial charge < -0.3 is 11.1 Å². The Morgan fingerprint density at radius 1 is 1.40 bits per heavy atom. The average Bonchev–Trinajstić information content (AvgIpc) is 2.89. The van der Waals surface area contributed by atoms with Crippen LogP contribution in [0.2, 0.25) is 0 Å². The third-order valence-electron chi connectivity index (χ3n) is 2.78. The van der Waals surface area contributed by atoms with Crippen LogP contribution in [0.3, 0.4) is 0 Å². The summed E-state index contributed by atoms with van der Waals surface area (Å²) in [5, 5.41) is 6.97. The Kier molecular flexibility index (Phi) is 6.21. The van der Waals surface area contributed by atoms with E-state index in [1.807, 2.05) is 35.1 Å². The third-order valence-corrected chi connectivity index (χ3v) is 2.78. The van der Waals surface area contributed by atoms with Crippen molar-refractivity contribution in [3.63, 3.8) is 0 Å². The van der Waals surface area contributed by atoms with Crippen LogP contribution in [0, 0.1) is 0 Å². The van der Waals surface area contributed by atoms with Gasteiger partial charge in [-0.05, 0) is 24.1 Å². The zero-order valence-electron chi connectivity index (χ0n) is 11.3. The Hall–Kier alpha value is -1.85. The zero-order valence-corrected chi connectivity index (χ0v) is 12.1. The van der Waals surface area contributed by atoms with E-state index in [1.165, 1.54) is 0 Å². The molecule has 0 radical (unpaired) electrons. The molecule has 2 rings (SSSR count). The monoisotopic (exact) mass is 294 g/mol. The van der Waals surface area contributed by atoms with E-state index in [-0.39, 0.29) is 18.3 Å². The lowest BCUT2D eigenvalue weighted by Crippen LogP contribution is -2.37. The van der Waals surface area contributed by atoms with E-state index in [0.717, 1.165) is 17.7 Å². The molecule has 0 fully saturated rings. The summed E-state index contributed by atoms with van der Waals surface area (Å²) in [6.07, 6.45) is 3.68. The number of aromatic nitrogens is 2. The van der Waals surface area contributed by atoms with Gasteiger partial charge in [0.15, 0.2) is 0 Å². The van der Waals surface area contributed by atoms with E-state index in [1.54, 1.807) is 13.1 Å². The van der Waals surface area contributed by atoms with Crippen LogP contribution in [-0.4, -0.2) is 21.7 Å². The van der Waals surface area contributed by atoms with E-state index in [0.29, 0.717) is 6.54 Å². The maximum Gasteiger partial charge on any atom is 0.236 e. The number of nitrogens with two attached hydrogens (primary N) is 1. The molecule has 20 heavy (non-hydrogen) atoms. The second kappa shape index (κ2) is 7.67. The maximum absolute atomic E-state index is 11.4. The van der Waals surface area contributed by atoms with E-state index in [9.17, 15) is 4.79 Å². The molecule has 5 nitrogen and oxygen atoms in total. The molecule has 1 aromatic carbocycles. The number of benzene rings is 1. The predicted octanol–water partition coefficient (Wildman–Crippen LogP) is 1.32. The number of hydrogen-bond acceptors (Lipinski definition) is 3. The third kappa shape index (κ3) is 4.68. The van der Waals surface area contributed by atoms with E-state index in [4.69, 9.17) is 5.73 Å². The summed E-state index contributed by atoms with van der Waals surface area (Å²) in [5.74, 6) is -0.141. The van der Waals surface area contributed by atoms with Crippen molar-refractivity contribution in [3.8, 4) is 0 Å². The molecule has 3 N–H and O–H groups in total. The van der Waals surface area contributed by atoms with Crippen LogP contribution in [0.1, 0.15) is 18.1 Å². The second-order valence-electron chi connectivity index (χ2n) is 4.53. The maximum atomic E-state index is 11.4. The van der Waals surface area contributed by atoms with Crippen LogP contribution in [0.5, 0.6) is 0 Å². The van der Waals surface area contributed by atoms with Gasteiger partial charge in [-0.25, -0.2) is 0 Å². The summed E-state index contributed by atoms with van der Waals surface area (Å²) in [4.78, 5) is 11.4. The van der Waals surface area contributed by atoms with Gasteiger partial charge in [-0.3, -0.25) is 9.48 Å². The number of halogens is 1. The molecule has 0 aliphatic heterocycles. The number of hydrogen-bond donors (Lipinski definition) is 2. The van der Waals surface area contributed by atoms with Crippen LogP contribution >= 0.6 is 12.4 Å². The first-order valence-corrected chi connectivity index (χ1v) is 6.23. The predicted molar refractivity (Wildman–Crippen MR) is 80.5 cm³/mol. The highest BCUT2D eigenvalue weighted by Crippen LogP contribution is 2.07. The number of carbonyl (C=O) groups excluding carboxylic acids is 1. The van der Waals surface area contributed by atoms with Gasteiger partial charge in [-0.1, -0.05) is 24.3 Å². The summed E-state index contributed by atoms with van der Waals surface area (Å²) in [6.45, 7) is 2.89. The minimum absolute atomic E-state index is 0. The van der Waals surface area contributed by atoms with E-state index in [2.05, 4.69) is 16.5 Å². The largest absolute Gasteiger partial charge is 0.351 e. The van der Waals surface area contributed by atoms with Crippen molar-refractivity contribution < 1.29 is 4.79 Å². The molecule has 2 aromatic rings. The van der Waals surface area contributed by atoms with Gasteiger partial charge in [-0.15, -0.1) is 12.4 Å². The topological polar surface area (TPSA) is 72.9 Å². The van der Waals surface area contributed by atoms with Gasteiger partial charge in [-0.2, -0.15) is 5.10 Å². The Labute approximate surface area is 124 Å². The van der Waals surface area contributed by atoms with Crippen LogP contribution in [0.4, 0.5) is 0 Å². The van der Waals surface area contributed by atoms with Crippen molar-refractivity contribution in [3.05, 3.63) is 53.9 Å². The van der Waals surface area contributed by atoms with Crippen molar-refractivity contribution in [2.75, 3.05) is 0 Å². The first-order valence-electron chi connectivity index (χ1n) is 6.23. The summed E-state index contributed by atoms with van der Waals surface area (Å²) in [5.41, 5.74) is 7.70. The molecular weight excluding hydrogens is 276 g/mol. The van der Waals surface area contributed by atoms with Crippen LogP contribution in [-0.2, 0) is 17.9 Å². The standard InChI is InChI=1S/C14H18N4O.ClH/c1-11(15)14(19)16-9-12-4-2-5-13(8-12)10-18-7-3-6-17-18;/h2-8,11H,9-10,15H2,1H3,(H,16,19);1H. The molecule has 6 heteroatoms. The van der Waals surface area contributed by atoms with Crippen LogP contribution in [0.25, 0.3) is 0 Å². The minimum Gasteiger partial charge on any atom is -0.351 e. The Morgan fingerprint density at radius 2 is 2.15 bits per heavy atom. The van der Waals surface area contributed by atoms with Crippen molar-refractivity contribution >= 4 is 18.3 Å². The molecule has 0 aliphatic rings. The minimum atomic E-state index is -0.479. The summed E-state index contributed by atoms with van der Waals surface area (Å²) in [7, 11) is 0. The molecule has 1 aromatic heterocycles. The fraction of sp³-hybridized carbons (Fsp3) is 0.286. The van der Waals surface area contributed by atoms with E-state index < -0.39 is 6.04 Å². The lowest BCUT2D eigenvalue weighted by Gasteiger charge is -2.09. The van der Waals surface area contributed by atoms with Crippen LogP contribution in [0.15, 0.2) is 42.7 Å². The van der Waals surface area contributed by atoms with Gasteiger partial charge in [0.25, 0.3) is 0 Å². The zero-order chi connectivity index (χ0) is 13.7. The molecule has 0 aliphatic carbocycles. The quantitative estimate of drug-likeness (QED) is 0.873. The van der Waals surface area contributed by atoms with Crippen molar-refractivity contribution in [1.29, 1.82) is 0 Å². The first-order chi connectivity index (χ1) is 9.15. The Bertz CT molecular complexity index is 540.